The number of hydrogen-bond donors (Lipinski definition) is 3. The fourth-order valence-electron chi connectivity index (χ4n) is 2.23. The van der Waals surface area contributed by atoms with E-state index < -0.39 is 24.2 Å². The van der Waals surface area contributed by atoms with Crippen molar-refractivity contribution in [2.24, 2.45) is 11.7 Å². The third-order valence-corrected chi connectivity index (χ3v) is 4.26. The number of fused-ring (bicyclic) bond motifs is 1. The molecule has 11 heteroatoms. The molecule has 1 unspecified atom stereocenters. The minimum absolute atomic E-state index is 0.194. The molecule has 0 aliphatic carbocycles. The average molecular weight is 404 g/mol. The number of rotatable bonds is 7. The Morgan fingerprint density at radius 1 is 1.33 bits per heavy atom. The second-order valence-electron chi connectivity index (χ2n) is 6.20. The molecule has 4 N–H and O–H groups in total. The second-order valence-corrected chi connectivity index (χ2v) is 7.23. The van der Waals surface area contributed by atoms with E-state index in [0.717, 1.165) is 17.4 Å². The van der Waals surface area contributed by atoms with Crippen molar-refractivity contribution in [3.05, 3.63) is 18.2 Å². The van der Waals surface area contributed by atoms with E-state index in [0.29, 0.717) is 16.6 Å². The molecule has 1 atom stereocenters. The molecular weight excluding hydrogens is 385 g/mol. The largest absolute Gasteiger partial charge is 0.573 e. The Balaban J connectivity index is 1.93. The van der Waals surface area contributed by atoms with Crippen LogP contribution in [0.15, 0.2) is 18.2 Å². The molecule has 7 nitrogen and oxygen atoms in total. The summed E-state index contributed by atoms with van der Waals surface area (Å²) in [7, 11) is 0. The molecular formula is C16H19F3N4O3S. The van der Waals surface area contributed by atoms with Crippen molar-refractivity contribution < 1.29 is 27.5 Å². The van der Waals surface area contributed by atoms with Gasteiger partial charge in [-0.05, 0) is 24.5 Å². The van der Waals surface area contributed by atoms with Gasteiger partial charge in [0.2, 0.25) is 11.8 Å². The molecule has 1 aromatic heterocycles. The lowest BCUT2D eigenvalue weighted by Crippen LogP contribution is -2.44. The number of ether oxygens (including phenoxy) is 1. The number of aromatic nitrogens is 1. The van der Waals surface area contributed by atoms with Crippen LogP contribution in [0.1, 0.15) is 20.3 Å². The third kappa shape index (κ3) is 6.68. The normalized spacial score (nSPS) is 12.9. The van der Waals surface area contributed by atoms with E-state index in [-0.39, 0.29) is 23.3 Å². The number of thiazole rings is 1. The van der Waals surface area contributed by atoms with Gasteiger partial charge in [0.1, 0.15) is 5.75 Å². The fraction of sp³-hybridized carbons (Fsp3) is 0.438. The molecule has 1 aromatic carbocycles. The molecule has 0 saturated heterocycles. The van der Waals surface area contributed by atoms with Gasteiger partial charge in [-0.25, -0.2) is 4.98 Å². The van der Waals surface area contributed by atoms with Crippen LogP contribution in [0.5, 0.6) is 5.75 Å². The van der Waals surface area contributed by atoms with Crippen molar-refractivity contribution in [3.63, 3.8) is 0 Å². The zero-order chi connectivity index (χ0) is 20.2. The topological polar surface area (TPSA) is 106 Å². The van der Waals surface area contributed by atoms with Crippen LogP contribution >= 0.6 is 11.3 Å². The van der Waals surface area contributed by atoms with Gasteiger partial charge in [0.25, 0.3) is 0 Å². The van der Waals surface area contributed by atoms with Crippen LogP contribution in [0.4, 0.5) is 18.3 Å². The molecule has 0 aliphatic rings. The molecule has 0 saturated carbocycles. The van der Waals surface area contributed by atoms with Crippen LogP contribution in [0, 0.1) is 5.92 Å². The van der Waals surface area contributed by atoms with Gasteiger partial charge < -0.3 is 21.1 Å². The number of amides is 2. The van der Waals surface area contributed by atoms with Crippen LogP contribution in [0.2, 0.25) is 0 Å². The van der Waals surface area contributed by atoms with E-state index in [1.54, 1.807) is 0 Å². The lowest BCUT2D eigenvalue weighted by Gasteiger charge is -2.13. The zero-order valence-electron chi connectivity index (χ0n) is 14.6. The van der Waals surface area contributed by atoms with Gasteiger partial charge in [-0.1, -0.05) is 25.2 Å². The average Bonchev–Trinajstić information content (AvgIpc) is 2.91. The van der Waals surface area contributed by atoms with Crippen LogP contribution in [0.3, 0.4) is 0 Å². The molecule has 2 amide bonds. The predicted molar refractivity (Wildman–Crippen MR) is 95.4 cm³/mol. The number of nitrogens with one attached hydrogen (secondary N) is 2. The Morgan fingerprint density at radius 3 is 2.67 bits per heavy atom. The Kier molecular flexibility index (Phi) is 6.60. The number of carbonyl (C=O) groups excluding carboxylic acids is 2. The highest BCUT2D eigenvalue weighted by molar-refractivity contribution is 7.22. The van der Waals surface area contributed by atoms with Gasteiger partial charge in [-0.3, -0.25) is 9.59 Å². The molecule has 0 radical (unpaired) electrons. The number of benzene rings is 1. The highest BCUT2D eigenvalue weighted by Gasteiger charge is 2.31. The van der Waals surface area contributed by atoms with Gasteiger partial charge in [0.15, 0.2) is 5.13 Å². The van der Waals surface area contributed by atoms with Crippen molar-refractivity contribution in [3.8, 4) is 5.75 Å². The van der Waals surface area contributed by atoms with E-state index in [9.17, 15) is 22.8 Å². The van der Waals surface area contributed by atoms with E-state index in [2.05, 4.69) is 20.4 Å². The highest BCUT2D eigenvalue weighted by Crippen LogP contribution is 2.31. The van der Waals surface area contributed by atoms with E-state index in [1.807, 2.05) is 13.8 Å². The smallest absolute Gasteiger partial charge is 0.406 e. The summed E-state index contributed by atoms with van der Waals surface area (Å²) in [5.74, 6) is -1.08. The summed E-state index contributed by atoms with van der Waals surface area (Å²) in [5.41, 5.74) is 6.13. The van der Waals surface area contributed by atoms with Gasteiger partial charge >= 0.3 is 6.36 Å². The molecule has 2 aromatic rings. The maximum atomic E-state index is 12.3. The SMILES string of the molecule is CC(C)CC(N)C(=O)NCC(=O)Nc1nc2ccc(OC(F)(F)F)cc2s1. The Bertz CT molecular complexity index is 823. The highest BCUT2D eigenvalue weighted by atomic mass is 32.1. The molecule has 0 aliphatic heterocycles. The first-order chi connectivity index (χ1) is 12.5. The molecule has 2 rings (SSSR count). The van der Waals surface area contributed by atoms with Crippen LogP contribution in [-0.2, 0) is 9.59 Å². The summed E-state index contributed by atoms with van der Waals surface area (Å²) in [5, 5.41) is 5.11. The van der Waals surface area contributed by atoms with Crippen LogP contribution < -0.4 is 21.1 Å². The summed E-state index contributed by atoms with van der Waals surface area (Å²) in [4.78, 5) is 27.8. The molecule has 27 heavy (non-hydrogen) atoms. The maximum Gasteiger partial charge on any atom is 0.573 e. The number of anilines is 1. The molecule has 148 valence electrons. The first kappa shape index (κ1) is 20.9. The van der Waals surface area contributed by atoms with Crippen molar-refractivity contribution in [1.29, 1.82) is 0 Å². The molecule has 1 heterocycles. The van der Waals surface area contributed by atoms with Gasteiger partial charge in [0, 0.05) is 6.07 Å². The number of hydrogen-bond acceptors (Lipinski definition) is 6. The minimum atomic E-state index is -4.79. The quantitative estimate of drug-likeness (QED) is 0.658. The third-order valence-electron chi connectivity index (χ3n) is 3.33. The summed E-state index contributed by atoms with van der Waals surface area (Å²) in [6, 6.07) is 2.97. The van der Waals surface area contributed by atoms with Crippen molar-refractivity contribution in [1.82, 2.24) is 10.3 Å². The Morgan fingerprint density at radius 2 is 2.04 bits per heavy atom. The monoisotopic (exact) mass is 404 g/mol. The van der Waals surface area contributed by atoms with Gasteiger partial charge in [-0.2, -0.15) is 0 Å². The lowest BCUT2D eigenvalue weighted by molar-refractivity contribution is -0.274. The predicted octanol–water partition coefficient (Wildman–Crippen LogP) is 2.62. The summed E-state index contributed by atoms with van der Waals surface area (Å²) in [6.07, 6.45) is -4.29. The number of nitrogens with two attached hydrogens (primary N) is 1. The lowest BCUT2D eigenvalue weighted by atomic mass is 10.0. The Labute approximate surface area is 157 Å². The number of carbonyl (C=O) groups is 2. The summed E-state index contributed by atoms with van der Waals surface area (Å²) < 4.78 is 41.0. The molecule has 0 spiro atoms. The van der Waals surface area contributed by atoms with Gasteiger partial charge in [-0.15, -0.1) is 13.2 Å². The minimum Gasteiger partial charge on any atom is -0.406 e. The van der Waals surface area contributed by atoms with Gasteiger partial charge in [0.05, 0.1) is 22.8 Å². The summed E-state index contributed by atoms with van der Waals surface area (Å²) >= 11 is 0.987. The number of halogens is 3. The van der Waals surface area contributed by atoms with E-state index in [1.165, 1.54) is 12.1 Å². The van der Waals surface area contributed by atoms with E-state index in [4.69, 9.17) is 5.73 Å². The van der Waals surface area contributed by atoms with E-state index >= 15 is 0 Å². The zero-order valence-corrected chi connectivity index (χ0v) is 15.4. The fourth-order valence-corrected chi connectivity index (χ4v) is 3.14. The summed E-state index contributed by atoms with van der Waals surface area (Å²) in [6.45, 7) is 3.57. The molecule has 0 fully saturated rings. The number of alkyl halides is 3. The standard InChI is InChI=1S/C16H19F3N4O3S/c1-8(2)5-10(20)14(25)21-7-13(24)23-15-22-11-4-3-9(6-12(11)27-15)26-16(17,18)19/h3-4,6,8,10H,5,7,20H2,1-2H3,(H,21,25)(H,22,23,24). The maximum absolute atomic E-state index is 12.3. The number of nitrogens with zero attached hydrogens (tertiary/aromatic N) is 1. The first-order valence-corrected chi connectivity index (χ1v) is 8.84. The first-order valence-electron chi connectivity index (χ1n) is 8.03. The van der Waals surface area contributed by atoms with Crippen LogP contribution in [-0.4, -0.2) is 35.7 Å². The van der Waals surface area contributed by atoms with Crippen molar-refractivity contribution in [2.75, 3.05) is 11.9 Å². The van der Waals surface area contributed by atoms with Crippen LogP contribution in [0.25, 0.3) is 10.2 Å². The van der Waals surface area contributed by atoms with Crippen molar-refractivity contribution >= 4 is 38.5 Å². The Hall–Kier alpha value is -2.40. The second kappa shape index (κ2) is 8.53. The molecule has 0 bridgehead atoms. The van der Waals surface area contributed by atoms with Crippen molar-refractivity contribution in [2.45, 2.75) is 32.7 Å².